The summed E-state index contributed by atoms with van der Waals surface area (Å²) in [6.07, 6.45) is 3.23. The number of anilines is 2. The van der Waals surface area contributed by atoms with Crippen molar-refractivity contribution in [1.29, 1.82) is 0 Å². The number of aromatic nitrogens is 2. The average Bonchev–Trinajstić information content (AvgIpc) is 3.01. The van der Waals surface area contributed by atoms with Crippen LogP contribution in [0.4, 0.5) is 11.4 Å². The molecule has 0 fully saturated rings. The van der Waals surface area contributed by atoms with E-state index in [-0.39, 0.29) is 5.91 Å². The van der Waals surface area contributed by atoms with Gasteiger partial charge in [-0.05, 0) is 12.1 Å². The highest BCUT2D eigenvalue weighted by molar-refractivity contribution is 6.25. The lowest BCUT2D eigenvalue weighted by Crippen LogP contribution is -2.17. The molecule has 2 aromatic rings. The number of carbonyl (C=O) groups is 2. The Bertz CT molecular complexity index is 719. The van der Waals surface area contributed by atoms with E-state index in [9.17, 15) is 9.59 Å². The molecule has 3 N–H and O–H groups in total. The Morgan fingerprint density at radius 2 is 1.86 bits per heavy atom. The molecular formula is C13H16ClN5O3. The van der Waals surface area contributed by atoms with Crippen molar-refractivity contribution in [2.24, 2.45) is 19.9 Å². The number of nitrogens with two attached hydrogens (primary N) is 1. The third-order valence-electron chi connectivity index (χ3n) is 3.13. The van der Waals surface area contributed by atoms with E-state index in [0.29, 0.717) is 22.8 Å². The molecule has 2 rings (SSSR count). The minimum atomic E-state index is -0.481. The van der Waals surface area contributed by atoms with E-state index in [1.54, 1.807) is 41.7 Å². The van der Waals surface area contributed by atoms with Crippen LogP contribution in [0, 0.1) is 0 Å². The summed E-state index contributed by atoms with van der Waals surface area (Å²) in [5.41, 5.74) is 1.66. The van der Waals surface area contributed by atoms with Gasteiger partial charge in [-0.25, -0.2) is 15.2 Å². The predicted molar refractivity (Wildman–Crippen MR) is 82.6 cm³/mol. The van der Waals surface area contributed by atoms with Crippen molar-refractivity contribution < 1.29 is 14.3 Å². The van der Waals surface area contributed by atoms with Crippen molar-refractivity contribution in [2.45, 2.75) is 0 Å². The molecule has 0 unspecified atom stereocenters. The van der Waals surface area contributed by atoms with Crippen molar-refractivity contribution >= 4 is 35.0 Å². The first-order valence-electron chi connectivity index (χ1n) is 6.26. The monoisotopic (exact) mass is 325 g/mol. The van der Waals surface area contributed by atoms with Gasteiger partial charge in [0.2, 0.25) is 0 Å². The molecule has 0 aromatic carbocycles. The maximum Gasteiger partial charge on any atom is 0.354 e. The first-order valence-corrected chi connectivity index (χ1v) is 6.60. The number of nitrogens with zero attached hydrogens (tertiary/aromatic N) is 3. The maximum absolute atomic E-state index is 12.3. The quantitative estimate of drug-likeness (QED) is 0.382. The Labute approximate surface area is 132 Å². The molecule has 0 saturated heterocycles. The second kappa shape index (κ2) is 6.12. The van der Waals surface area contributed by atoms with Gasteiger partial charge >= 0.3 is 5.97 Å². The van der Waals surface area contributed by atoms with Crippen LogP contribution in [0.25, 0.3) is 0 Å². The third-order valence-corrected chi connectivity index (χ3v) is 3.32. The maximum atomic E-state index is 12.3. The number of carbonyl (C=O) groups excluding carboxylic acids is 2. The van der Waals surface area contributed by atoms with Gasteiger partial charge in [-0.15, -0.1) is 0 Å². The number of aryl methyl sites for hydroxylation is 2. The van der Waals surface area contributed by atoms with E-state index in [1.165, 1.54) is 13.2 Å². The molecule has 1 amide bonds. The van der Waals surface area contributed by atoms with Gasteiger partial charge in [0.05, 0.1) is 18.5 Å². The fraction of sp³-hybridized carbons (Fsp3) is 0.231. The zero-order chi connectivity index (χ0) is 16.4. The molecule has 8 nitrogen and oxygen atoms in total. The number of hydrogen-bond acceptors (Lipinski definition) is 5. The molecule has 0 aliphatic rings. The van der Waals surface area contributed by atoms with Crippen molar-refractivity contribution in [3.8, 4) is 0 Å². The van der Waals surface area contributed by atoms with Crippen molar-refractivity contribution in [3.63, 3.8) is 0 Å². The summed E-state index contributed by atoms with van der Waals surface area (Å²) in [6, 6.07) is 3.08. The van der Waals surface area contributed by atoms with Crippen LogP contribution >= 0.6 is 11.8 Å². The number of hydrazine groups is 1. The highest BCUT2D eigenvalue weighted by Gasteiger charge is 2.17. The lowest BCUT2D eigenvalue weighted by Gasteiger charge is -2.03. The van der Waals surface area contributed by atoms with Crippen molar-refractivity contribution in [1.82, 2.24) is 9.13 Å². The molecule has 0 saturated carbocycles. The van der Waals surface area contributed by atoms with Crippen LogP contribution in [0.1, 0.15) is 21.0 Å². The van der Waals surface area contributed by atoms with Crippen LogP contribution < -0.4 is 15.7 Å². The number of halogens is 1. The van der Waals surface area contributed by atoms with Gasteiger partial charge in [-0.2, -0.15) is 0 Å². The summed E-state index contributed by atoms with van der Waals surface area (Å²) in [7, 11) is 4.68. The Morgan fingerprint density at radius 3 is 2.41 bits per heavy atom. The third kappa shape index (κ3) is 3.07. The molecule has 0 spiro atoms. The molecule has 0 aliphatic carbocycles. The topological polar surface area (TPSA) is 94.5 Å². The minimum Gasteiger partial charge on any atom is -0.464 e. The average molecular weight is 326 g/mol. The molecular weight excluding hydrogens is 310 g/mol. The van der Waals surface area contributed by atoms with Gasteiger partial charge in [-0.3, -0.25) is 4.79 Å². The van der Waals surface area contributed by atoms with Crippen LogP contribution in [0.3, 0.4) is 0 Å². The zero-order valence-electron chi connectivity index (χ0n) is 12.3. The van der Waals surface area contributed by atoms with Crippen LogP contribution in [0.5, 0.6) is 0 Å². The molecule has 22 heavy (non-hydrogen) atoms. The Morgan fingerprint density at radius 1 is 1.23 bits per heavy atom. The second-order valence-electron chi connectivity index (χ2n) is 4.68. The first-order chi connectivity index (χ1) is 10.3. The number of nitrogens with one attached hydrogen (secondary N) is 1. The molecule has 2 aromatic heterocycles. The summed E-state index contributed by atoms with van der Waals surface area (Å²) in [5.74, 6) is 4.59. The van der Waals surface area contributed by atoms with Crippen molar-refractivity contribution in [3.05, 3.63) is 35.9 Å². The van der Waals surface area contributed by atoms with Crippen LogP contribution in [-0.2, 0) is 18.8 Å². The summed E-state index contributed by atoms with van der Waals surface area (Å²) >= 11 is 5.64. The predicted octanol–water partition coefficient (Wildman–Crippen LogP) is 1.24. The number of methoxy groups -OCH3 is 1. The van der Waals surface area contributed by atoms with Gasteiger partial charge in [0.15, 0.2) is 0 Å². The van der Waals surface area contributed by atoms with E-state index < -0.39 is 5.97 Å². The summed E-state index contributed by atoms with van der Waals surface area (Å²) in [6.45, 7) is 0. The van der Waals surface area contributed by atoms with E-state index in [2.05, 4.69) is 10.1 Å². The van der Waals surface area contributed by atoms with Gasteiger partial charge in [0.1, 0.15) is 11.4 Å². The lowest BCUT2D eigenvalue weighted by molar-refractivity contribution is 0.0590. The van der Waals surface area contributed by atoms with E-state index in [4.69, 9.17) is 17.6 Å². The number of hydrogen-bond donors (Lipinski definition) is 2. The molecule has 9 heteroatoms. The van der Waals surface area contributed by atoms with E-state index in [1.807, 2.05) is 0 Å². The highest BCUT2D eigenvalue weighted by atomic mass is 35.5. The lowest BCUT2D eigenvalue weighted by atomic mass is 10.3. The fourth-order valence-electron chi connectivity index (χ4n) is 2.03. The molecule has 118 valence electrons. The van der Waals surface area contributed by atoms with Crippen LogP contribution in [0.15, 0.2) is 24.5 Å². The van der Waals surface area contributed by atoms with Gasteiger partial charge < -0.3 is 19.2 Å². The summed E-state index contributed by atoms with van der Waals surface area (Å²) in [5, 5.41) is 2.70. The fourth-order valence-corrected chi connectivity index (χ4v) is 2.12. The number of rotatable bonds is 4. The Balaban J connectivity index is 2.21. The highest BCUT2D eigenvalue weighted by Crippen LogP contribution is 2.19. The second-order valence-corrected chi connectivity index (χ2v) is 5.04. The molecule has 2 heterocycles. The Kier molecular flexibility index (Phi) is 4.43. The summed E-state index contributed by atoms with van der Waals surface area (Å²) in [4.78, 5) is 23.8. The number of esters is 1. The first kappa shape index (κ1) is 15.9. The smallest absolute Gasteiger partial charge is 0.354 e. The van der Waals surface area contributed by atoms with Gasteiger partial charge in [0, 0.05) is 38.3 Å². The van der Waals surface area contributed by atoms with Crippen LogP contribution in [-0.4, -0.2) is 28.1 Å². The van der Waals surface area contributed by atoms with Gasteiger partial charge in [-0.1, -0.05) is 0 Å². The zero-order valence-corrected chi connectivity index (χ0v) is 13.1. The normalized spacial score (nSPS) is 10.4. The number of ether oxygens (including phenoxy) is 1. The summed E-state index contributed by atoms with van der Waals surface area (Å²) < 4.78 is 8.72. The van der Waals surface area contributed by atoms with Crippen molar-refractivity contribution in [2.75, 3.05) is 17.0 Å². The minimum absolute atomic E-state index is 0.333. The largest absolute Gasteiger partial charge is 0.464 e. The Hall–Kier alpha value is -2.45. The standard InChI is InChI=1S/C13H16ClN5O3/c1-17-6-8(4-11(17)13(21)22-3)16-12(20)10-5-9(19(14)15)7-18(10)2/h4-7H,15H2,1-3H3,(H,16,20). The van der Waals surface area contributed by atoms with Gasteiger partial charge in [0.25, 0.3) is 5.91 Å². The van der Waals surface area contributed by atoms with E-state index >= 15 is 0 Å². The van der Waals surface area contributed by atoms with Crippen LogP contribution in [0.2, 0.25) is 0 Å². The molecule has 0 bridgehead atoms. The molecule has 0 aliphatic heterocycles. The SMILES string of the molecule is COC(=O)c1cc(NC(=O)c2cc(N(N)Cl)cn2C)cn1C. The molecule has 0 atom stereocenters. The molecule has 0 radical (unpaired) electrons. The number of amides is 1. The van der Waals surface area contributed by atoms with E-state index in [0.717, 1.165) is 4.53 Å².